The van der Waals surface area contributed by atoms with E-state index in [9.17, 15) is 13.2 Å². The van der Waals surface area contributed by atoms with Crippen molar-refractivity contribution >= 4 is 15.9 Å². The van der Waals surface area contributed by atoms with Crippen molar-refractivity contribution in [3.05, 3.63) is 57.8 Å². The lowest BCUT2D eigenvalue weighted by Crippen LogP contribution is -2.07. The molecular weight excluding hydrogens is 335 g/mol. The van der Waals surface area contributed by atoms with Gasteiger partial charge in [0.2, 0.25) is 5.82 Å². The number of hydrogen-bond acceptors (Lipinski definition) is 2. The predicted octanol–water partition coefficient (Wildman–Crippen LogP) is 4.38. The van der Waals surface area contributed by atoms with Crippen LogP contribution in [0.2, 0.25) is 0 Å². The summed E-state index contributed by atoms with van der Waals surface area (Å²) in [6.07, 6.45) is 0. The number of benzene rings is 2. The summed E-state index contributed by atoms with van der Waals surface area (Å²) in [6, 6.07) is 6.57. The molecule has 0 aliphatic carbocycles. The van der Waals surface area contributed by atoms with E-state index in [4.69, 9.17) is 4.74 Å². The van der Waals surface area contributed by atoms with Crippen LogP contribution >= 0.6 is 15.9 Å². The molecule has 2 nitrogen and oxygen atoms in total. The third-order valence-corrected chi connectivity index (χ3v) is 3.05. The van der Waals surface area contributed by atoms with Gasteiger partial charge in [-0.15, -0.1) is 0 Å². The van der Waals surface area contributed by atoms with Gasteiger partial charge in [0.15, 0.2) is 23.1 Å². The second-order valence-corrected chi connectivity index (χ2v) is 4.98. The molecule has 0 aliphatic rings. The van der Waals surface area contributed by atoms with Crippen LogP contribution in [0.5, 0.6) is 11.5 Å². The monoisotopic (exact) mass is 345 g/mol. The Balaban J connectivity index is 2.44. The Morgan fingerprint density at radius 1 is 1.15 bits per heavy atom. The zero-order valence-electron chi connectivity index (χ0n) is 10.5. The first-order valence-electron chi connectivity index (χ1n) is 5.77. The molecule has 0 atom stereocenters. The lowest BCUT2D eigenvalue weighted by atomic mass is 10.2. The molecule has 6 heteroatoms. The highest BCUT2D eigenvalue weighted by atomic mass is 79.9. The van der Waals surface area contributed by atoms with E-state index >= 15 is 0 Å². The third-order valence-electron chi connectivity index (χ3n) is 2.59. The van der Waals surface area contributed by atoms with E-state index in [2.05, 4.69) is 21.2 Å². The molecular formula is C14H11BrF3NO. The van der Waals surface area contributed by atoms with E-state index in [-0.39, 0.29) is 11.5 Å². The first-order chi connectivity index (χ1) is 9.52. The van der Waals surface area contributed by atoms with Gasteiger partial charge in [-0.3, -0.25) is 0 Å². The number of rotatable bonds is 4. The molecule has 2 aromatic carbocycles. The highest BCUT2D eigenvalue weighted by Gasteiger charge is 2.16. The molecule has 0 heterocycles. The van der Waals surface area contributed by atoms with E-state index in [1.807, 2.05) is 0 Å². The third kappa shape index (κ3) is 3.13. The standard InChI is InChI=1S/C14H11BrF3NO/c1-19-7-8-3-2-4-10(16)14(8)20-12-6-9(15)5-11(17)13(12)18/h2-6,19H,7H2,1H3. The molecule has 0 spiro atoms. The van der Waals surface area contributed by atoms with Crippen molar-refractivity contribution in [1.82, 2.24) is 5.32 Å². The first-order valence-corrected chi connectivity index (χ1v) is 6.56. The van der Waals surface area contributed by atoms with Crippen LogP contribution in [0.4, 0.5) is 13.2 Å². The van der Waals surface area contributed by atoms with Gasteiger partial charge in [-0.25, -0.2) is 8.78 Å². The first kappa shape index (κ1) is 14.9. The van der Waals surface area contributed by atoms with Crippen LogP contribution in [-0.2, 0) is 6.54 Å². The smallest absolute Gasteiger partial charge is 0.201 e. The summed E-state index contributed by atoms with van der Waals surface area (Å²) in [4.78, 5) is 0. The van der Waals surface area contributed by atoms with Crippen LogP contribution in [0.3, 0.4) is 0 Å². The second kappa shape index (κ2) is 6.28. The molecule has 20 heavy (non-hydrogen) atoms. The fourth-order valence-electron chi connectivity index (χ4n) is 1.71. The van der Waals surface area contributed by atoms with E-state index in [1.165, 1.54) is 18.2 Å². The minimum atomic E-state index is -1.16. The molecule has 0 unspecified atom stereocenters. The molecule has 106 valence electrons. The van der Waals surface area contributed by atoms with E-state index < -0.39 is 17.5 Å². The number of hydrogen-bond donors (Lipinski definition) is 1. The summed E-state index contributed by atoms with van der Waals surface area (Å²) in [5, 5.41) is 2.85. The number of halogens is 4. The number of ether oxygens (including phenoxy) is 1. The number of para-hydroxylation sites is 1. The van der Waals surface area contributed by atoms with Crippen molar-refractivity contribution in [2.45, 2.75) is 6.54 Å². The Hall–Kier alpha value is -1.53. The lowest BCUT2D eigenvalue weighted by molar-refractivity contribution is 0.392. The van der Waals surface area contributed by atoms with E-state index in [0.717, 1.165) is 6.07 Å². The molecule has 0 saturated carbocycles. The Morgan fingerprint density at radius 2 is 1.90 bits per heavy atom. The molecule has 0 aliphatic heterocycles. The molecule has 2 rings (SSSR count). The summed E-state index contributed by atoms with van der Waals surface area (Å²) >= 11 is 3.04. The molecule has 0 fully saturated rings. The van der Waals surface area contributed by atoms with Gasteiger partial charge in [0, 0.05) is 16.6 Å². The Kier molecular flexibility index (Phi) is 4.67. The van der Waals surface area contributed by atoms with Crippen LogP contribution < -0.4 is 10.1 Å². The van der Waals surface area contributed by atoms with Gasteiger partial charge in [0.1, 0.15) is 0 Å². The van der Waals surface area contributed by atoms with Crippen molar-refractivity contribution in [2.75, 3.05) is 7.05 Å². The fourth-order valence-corrected chi connectivity index (χ4v) is 2.12. The van der Waals surface area contributed by atoms with Gasteiger partial charge in [0.05, 0.1) is 0 Å². The maximum Gasteiger partial charge on any atom is 0.201 e. The lowest BCUT2D eigenvalue weighted by Gasteiger charge is -2.13. The van der Waals surface area contributed by atoms with Gasteiger partial charge >= 0.3 is 0 Å². The van der Waals surface area contributed by atoms with Gasteiger partial charge in [-0.2, -0.15) is 4.39 Å². The van der Waals surface area contributed by atoms with E-state index in [1.54, 1.807) is 13.1 Å². The van der Waals surface area contributed by atoms with Gasteiger partial charge < -0.3 is 10.1 Å². The molecule has 0 bridgehead atoms. The Morgan fingerprint density at radius 3 is 2.60 bits per heavy atom. The SMILES string of the molecule is CNCc1cccc(F)c1Oc1cc(Br)cc(F)c1F. The average Bonchev–Trinajstić information content (AvgIpc) is 2.39. The van der Waals surface area contributed by atoms with Crippen molar-refractivity contribution in [2.24, 2.45) is 0 Å². The molecule has 2 aromatic rings. The predicted molar refractivity (Wildman–Crippen MR) is 73.3 cm³/mol. The largest absolute Gasteiger partial charge is 0.451 e. The zero-order chi connectivity index (χ0) is 14.7. The van der Waals surface area contributed by atoms with Gasteiger partial charge in [-0.1, -0.05) is 28.1 Å². The highest BCUT2D eigenvalue weighted by Crippen LogP contribution is 2.33. The van der Waals surface area contributed by atoms with Crippen molar-refractivity contribution in [3.63, 3.8) is 0 Å². The quantitative estimate of drug-likeness (QED) is 0.830. The summed E-state index contributed by atoms with van der Waals surface area (Å²) in [5.74, 6) is -3.37. The Labute approximate surface area is 122 Å². The van der Waals surface area contributed by atoms with Crippen LogP contribution in [0, 0.1) is 17.5 Å². The molecule has 0 saturated heterocycles. The van der Waals surface area contributed by atoms with Crippen molar-refractivity contribution in [3.8, 4) is 11.5 Å². The van der Waals surface area contributed by atoms with Gasteiger partial charge in [-0.05, 0) is 25.2 Å². The molecule has 0 amide bonds. The average molecular weight is 346 g/mol. The van der Waals surface area contributed by atoms with Crippen LogP contribution in [0.25, 0.3) is 0 Å². The number of nitrogens with one attached hydrogen (secondary N) is 1. The summed E-state index contributed by atoms with van der Waals surface area (Å²) < 4.78 is 46.3. The maximum atomic E-state index is 13.8. The van der Waals surface area contributed by atoms with Crippen LogP contribution in [0.1, 0.15) is 5.56 Å². The van der Waals surface area contributed by atoms with Crippen LogP contribution in [0.15, 0.2) is 34.8 Å². The fraction of sp³-hybridized carbons (Fsp3) is 0.143. The topological polar surface area (TPSA) is 21.3 Å². The van der Waals surface area contributed by atoms with E-state index in [0.29, 0.717) is 16.6 Å². The summed E-state index contributed by atoms with van der Waals surface area (Å²) in [7, 11) is 1.69. The molecule has 1 N–H and O–H groups in total. The molecule has 0 aromatic heterocycles. The van der Waals surface area contributed by atoms with Crippen molar-refractivity contribution in [1.29, 1.82) is 0 Å². The Bertz CT molecular complexity index is 634. The normalized spacial score (nSPS) is 10.7. The zero-order valence-corrected chi connectivity index (χ0v) is 12.1. The minimum Gasteiger partial charge on any atom is -0.451 e. The summed E-state index contributed by atoms with van der Waals surface area (Å²) in [6.45, 7) is 0.338. The molecule has 0 radical (unpaired) electrons. The maximum absolute atomic E-state index is 13.8. The second-order valence-electron chi connectivity index (χ2n) is 4.06. The van der Waals surface area contributed by atoms with Crippen molar-refractivity contribution < 1.29 is 17.9 Å². The highest BCUT2D eigenvalue weighted by molar-refractivity contribution is 9.10. The van der Waals surface area contributed by atoms with Crippen LogP contribution in [-0.4, -0.2) is 7.05 Å². The minimum absolute atomic E-state index is 0.127. The van der Waals surface area contributed by atoms with Gasteiger partial charge in [0.25, 0.3) is 0 Å². The summed E-state index contributed by atoms with van der Waals surface area (Å²) in [5.41, 5.74) is 0.507.